The van der Waals surface area contributed by atoms with Crippen molar-refractivity contribution in [2.45, 2.75) is 56.2 Å². The molecule has 1 fully saturated rings. The molecular formula is C27H26F6N6O4. The summed E-state index contributed by atoms with van der Waals surface area (Å²) in [6, 6.07) is 3.45. The van der Waals surface area contributed by atoms with Gasteiger partial charge in [0.05, 0.1) is 35.4 Å². The highest BCUT2D eigenvalue weighted by atomic mass is 19.4. The van der Waals surface area contributed by atoms with E-state index in [-0.39, 0.29) is 23.3 Å². The molecule has 3 N–H and O–H groups in total. The number of methoxy groups -OCH3 is 1. The zero-order valence-corrected chi connectivity index (χ0v) is 22.5. The zero-order chi connectivity index (χ0) is 34.0. The molecule has 1 amide bonds. The molecule has 10 nitrogen and oxygen atoms in total. The van der Waals surface area contributed by atoms with Crippen LogP contribution in [0.2, 0.25) is 0 Å². The van der Waals surface area contributed by atoms with Crippen molar-refractivity contribution in [1.29, 1.82) is 0 Å². The lowest BCUT2D eigenvalue weighted by atomic mass is 9.91. The second kappa shape index (κ2) is 10.4. The van der Waals surface area contributed by atoms with E-state index in [1.165, 1.54) is 17.7 Å². The number of halogens is 6. The molecule has 16 heteroatoms. The molecule has 3 aromatic heterocycles. The van der Waals surface area contributed by atoms with Crippen molar-refractivity contribution in [2.24, 2.45) is 6.98 Å². The van der Waals surface area contributed by atoms with Crippen LogP contribution < -0.4 is 16.3 Å². The van der Waals surface area contributed by atoms with E-state index in [4.69, 9.17) is 4.11 Å². The number of fused-ring (bicyclic) bond motifs is 2. The quantitative estimate of drug-likeness (QED) is 0.262. The van der Waals surface area contributed by atoms with Crippen LogP contribution in [0.15, 0.2) is 41.3 Å². The van der Waals surface area contributed by atoms with Crippen LogP contribution in [0.5, 0.6) is 0 Å². The fourth-order valence-electron chi connectivity index (χ4n) is 5.31. The number of hydrogen-bond donors (Lipinski definition) is 3. The number of alkyl carbamates (subject to hydrolysis) is 1. The molecule has 0 radical (unpaired) electrons. The third-order valence-electron chi connectivity index (χ3n) is 7.51. The number of aliphatic hydroxyl groups is 1. The third-order valence-corrected chi connectivity index (χ3v) is 7.51. The van der Waals surface area contributed by atoms with Crippen LogP contribution in [0.1, 0.15) is 47.5 Å². The van der Waals surface area contributed by atoms with E-state index >= 15 is 0 Å². The zero-order valence-electron chi connectivity index (χ0n) is 25.5. The molecule has 4 aromatic rings. The number of amides is 1. The number of hydrogen-bond acceptors (Lipinski definition) is 7. The van der Waals surface area contributed by atoms with E-state index in [2.05, 4.69) is 25.3 Å². The van der Waals surface area contributed by atoms with E-state index in [1.54, 1.807) is 0 Å². The first-order chi connectivity index (χ1) is 21.2. The Kier molecular flexibility index (Phi) is 6.38. The summed E-state index contributed by atoms with van der Waals surface area (Å²) in [6.07, 6.45) is -8.98. The largest absolute Gasteiger partial charge is 0.453 e. The first-order valence-electron chi connectivity index (χ1n) is 14.3. The highest BCUT2D eigenvalue weighted by molar-refractivity contribution is 5.89. The number of aromatic nitrogens is 4. The number of pyridine rings is 2. The van der Waals surface area contributed by atoms with Gasteiger partial charge in [-0.1, -0.05) is 12.1 Å². The monoisotopic (exact) mass is 615 g/mol. The van der Waals surface area contributed by atoms with Crippen LogP contribution in [0.25, 0.3) is 21.9 Å². The number of para-hydroxylation sites is 1. The number of carbonyl (C=O) groups excluding carboxylic acids is 1. The average Bonchev–Trinajstić information content (AvgIpc) is 3.51. The van der Waals surface area contributed by atoms with Crippen LogP contribution in [-0.2, 0) is 23.5 Å². The maximum atomic E-state index is 13.9. The number of aryl methyl sites for hydroxylation is 1. The van der Waals surface area contributed by atoms with Crippen molar-refractivity contribution < 1.29 is 45.1 Å². The lowest BCUT2D eigenvalue weighted by Gasteiger charge is -2.28. The number of nitrogens with one attached hydrogen (secondary N) is 2. The minimum atomic E-state index is -5.29. The van der Waals surface area contributed by atoms with Crippen LogP contribution in [0.4, 0.5) is 42.8 Å². The summed E-state index contributed by atoms with van der Waals surface area (Å²) in [5, 5.41) is 15.1. The predicted octanol–water partition coefficient (Wildman–Crippen LogP) is 5.27. The molecule has 0 spiro atoms. The van der Waals surface area contributed by atoms with Gasteiger partial charge in [0, 0.05) is 40.2 Å². The van der Waals surface area contributed by atoms with Gasteiger partial charge < -0.3 is 20.5 Å². The van der Waals surface area contributed by atoms with Crippen LogP contribution in [-0.4, -0.2) is 49.6 Å². The molecule has 0 bridgehead atoms. The van der Waals surface area contributed by atoms with E-state index in [0.29, 0.717) is 30.4 Å². The smallest absolute Gasteiger partial charge is 0.421 e. The summed E-state index contributed by atoms with van der Waals surface area (Å²) >= 11 is 0. The molecule has 5 rings (SSSR count). The number of imidazole rings is 1. The van der Waals surface area contributed by atoms with Crippen molar-refractivity contribution in [3.63, 3.8) is 0 Å². The first-order valence-corrected chi connectivity index (χ1v) is 12.8. The lowest BCUT2D eigenvalue weighted by Crippen LogP contribution is -2.39. The second-order valence-electron chi connectivity index (χ2n) is 10.3. The van der Waals surface area contributed by atoms with Crippen molar-refractivity contribution >= 4 is 39.7 Å². The topological polar surface area (TPSA) is 123 Å². The number of benzene rings is 1. The van der Waals surface area contributed by atoms with Gasteiger partial charge >= 0.3 is 24.1 Å². The molecule has 3 atom stereocenters. The lowest BCUT2D eigenvalue weighted by molar-refractivity contribution is -0.258. The molecule has 1 unspecified atom stereocenters. The number of rotatable bonds is 5. The molecule has 230 valence electrons. The molecule has 0 aliphatic heterocycles. The number of alkyl halides is 6. The Bertz CT molecular complexity index is 1890. The van der Waals surface area contributed by atoms with E-state index < -0.39 is 76.6 Å². The van der Waals surface area contributed by atoms with Gasteiger partial charge in [0.25, 0.3) is 0 Å². The highest BCUT2D eigenvalue weighted by Crippen LogP contribution is 2.44. The van der Waals surface area contributed by atoms with E-state index in [0.717, 1.165) is 24.4 Å². The van der Waals surface area contributed by atoms with Crippen molar-refractivity contribution in [3.05, 3.63) is 58.1 Å². The van der Waals surface area contributed by atoms with Gasteiger partial charge in [-0.15, -0.1) is 0 Å². The van der Waals surface area contributed by atoms with Crippen molar-refractivity contribution in [3.8, 4) is 0 Å². The number of anilines is 2. The summed E-state index contributed by atoms with van der Waals surface area (Å²) in [5.74, 6) is -0.761. The Hall–Kier alpha value is -4.34. The van der Waals surface area contributed by atoms with E-state index in [1.807, 2.05) is 0 Å². The maximum Gasteiger partial charge on any atom is 0.421 e. The standard InChI is InChI=1S/C27H26F6N6O4/c1-25(42,27(31,32)33)17-10-21(37-22-15(17)5-4-6-16(22)26(28,29)30)36-20-11-18-19(12-34-20)38(2)24(41)39(18)14-8-7-13(9-14)35-23(40)43-3/h4-6,10-14,42H,7-9H2,1-3H3,(H,35,40)(H,34,36,37)/t13-,14-,25?/m1/s1/i2D3. The van der Waals surface area contributed by atoms with Crippen molar-refractivity contribution in [2.75, 3.05) is 12.4 Å². The summed E-state index contributed by atoms with van der Waals surface area (Å²) in [5.41, 5.74) is -7.73. The SMILES string of the molecule is [2H]C([2H])([2H])n1c(=O)n([C@@H]2CC[C@@H](NC(=O)OC)C2)c2cc(Nc3cc(C(C)(O)C(F)(F)F)c4cccc(C(F)(F)F)c4n3)ncc21. The molecule has 43 heavy (non-hydrogen) atoms. The Morgan fingerprint density at radius 3 is 2.51 bits per heavy atom. The molecule has 1 aliphatic rings. The third kappa shape index (κ3) is 5.34. The molecule has 1 aromatic carbocycles. The van der Waals surface area contributed by atoms with E-state index in [9.17, 15) is 41.0 Å². The van der Waals surface area contributed by atoms with Crippen LogP contribution in [0, 0.1) is 0 Å². The molecule has 0 saturated heterocycles. The summed E-state index contributed by atoms with van der Waals surface area (Å²) in [7, 11) is 1.18. The Balaban J connectivity index is 1.66. The average molecular weight is 616 g/mol. The van der Waals surface area contributed by atoms with Gasteiger partial charge in [-0.2, -0.15) is 26.3 Å². The molecule has 1 aliphatic carbocycles. The Labute approximate surface area is 243 Å². The molecule has 3 heterocycles. The summed E-state index contributed by atoms with van der Waals surface area (Å²) in [4.78, 5) is 33.1. The summed E-state index contributed by atoms with van der Waals surface area (Å²) < 4.78 is 113. The van der Waals surface area contributed by atoms with Gasteiger partial charge in [-0.3, -0.25) is 9.13 Å². The summed E-state index contributed by atoms with van der Waals surface area (Å²) in [6.45, 7) is -2.54. The fourth-order valence-corrected chi connectivity index (χ4v) is 5.31. The minimum Gasteiger partial charge on any atom is -0.453 e. The minimum absolute atomic E-state index is 0.0432. The maximum absolute atomic E-state index is 13.9. The second-order valence-corrected chi connectivity index (χ2v) is 10.3. The van der Waals surface area contributed by atoms with Gasteiger partial charge in [-0.25, -0.2) is 19.6 Å². The molecule has 1 saturated carbocycles. The van der Waals surface area contributed by atoms with Crippen LogP contribution in [0.3, 0.4) is 0 Å². The van der Waals surface area contributed by atoms with Gasteiger partial charge in [0.15, 0.2) is 5.60 Å². The molecular weight excluding hydrogens is 586 g/mol. The van der Waals surface area contributed by atoms with Crippen molar-refractivity contribution in [1.82, 2.24) is 24.4 Å². The number of carbonyl (C=O) groups is 1. The predicted molar refractivity (Wildman–Crippen MR) is 143 cm³/mol. The van der Waals surface area contributed by atoms with Crippen LogP contribution >= 0.6 is 0 Å². The first kappa shape index (κ1) is 26.3. The Morgan fingerprint density at radius 1 is 1.12 bits per heavy atom. The number of ether oxygens (including phenoxy) is 1. The Morgan fingerprint density at radius 2 is 1.86 bits per heavy atom. The van der Waals surface area contributed by atoms with Gasteiger partial charge in [0.1, 0.15) is 11.6 Å². The normalized spacial score (nSPS) is 20.3. The highest BCUT2D eigenvalue weighted by Gasteiger charge is 2.52. The van der Waals surface area contributed by atoms with Gasteiger partial charge in [-0.05, 0) is 38.3 Å². The van der Waals surface area contributed by atoms with Gasteiger partial charge in [0.2, 0.25) is 0 Å². The fraction of sp³-hybridized carbons (Fsp3) is 0.407. The number of nitrogens with zero attached hydrogens (tertiary/aromatic N) is 4.